The summed E-state index contributed by atoms with van der Waals surface area (Å²) in [6, 6.07) is 3.50. The van der Waals surface area contributed by atoms with E-state index in [1.807, 2.05) is 29.5 Å². The van der Waals surface area contributed by atoms with Crippen LogP contribution < -0.4 is 4.74 Å². The molecule has 1 heterocycles. The first-order valence-corrected chi connectivity index (χ1v) is 8.79. The van der Waals surface area contributed by atoms with Crippen molar-refractivity contribution in [1.29, 1.82) is 0 Å². The van der Waals surface area contributed by atoms with Gasteiger partial charge >= 0.3 is 0 Å². The maximum atomic E-state index is 12.3. The lowest BCUT2D eigenvalue weighted by Crippen LogP contribution is -2.27. The molecule has 4 nitrogen and oxygen atoms in total. The highest BCUT2D eigenvalue weighted by Gasteiger charge is 2.31. The van der Waals surface area contributed by atoms with Crippen molar-refractivity contribution in [3.05, 3.63) is 38.8 Å². The Labute approximate surface area is 152 Å². The smallest absolute Gasteiger partial charge is 0.266 e. The molecule has 116 valence electrons. The summed E-state index contributed by atoms with van der Waals surface area (Å²) < 4.78 is 6.59. The Morgan fingerprint density at radius 2 is 2.27 bits per heavy atom. The van der Waals surface area contributed by atoms with Gasteiger partial charge in [0, 0.05) is 6.54 Å². The number of halogens is 1. The third-order valence-corrected chi connectivity index (χ3v) is 5.03. The zero-order valence-corrected chi connectivity index (χ0v) is 15.6. The Kier molecular flexibility index (Phi) is 5.87. The summed E-state index contributed by atoms with van der Waals surface area (Å²) in [6.45, 7) is 6.33. The quantitative estimate of drug-likeness (QED) is 0.322. The van der Waals surface area contributed by atoms with Gasteiger partial charge in [0.05, 0.1) is 15.1 Å². The molecule has 1 amide bonds. The van der Waals surface area contributed by atoms with E-state index in [1.54, 1.807) is 24.3 Å². The number of hydrogen-bond donors (Lipinski definition) is 1. The topological polar surface area (TPSA) is 49.8 Å². The van der Waals surface area contributed by atoms with Crippen LogP contribution in [0.1, 0.15) is 12.5 Å². The second kappa shape index (κ2) is 7.47. The fourth-order valence-corrected chi connectivity index (χ4v) is 3.78. The highest BCUT2D eigenvalue weighted by Crippen LogP contribution is 2.36. The van der Waals surface area contributed by atoms with Crippen LogP contribution in [0.25, 0.3) is 6.08 Å². The van der Waals surface area contributed by atoms with Crippen molar-refractivity contribution in [3.8, 4) is 11.5 Å². The molecule has 0 bridgehead atoms. The van der Waals surface area contributed by atoms with E-state index in [0.717, 1.165) is 5.56 Å². The van der Waals surface area contributed by atoms with Gasteiger partial charge < -0.3 is 9.84 Å². The normalized spacial score (nSPS) is 16.5. The van der Waals surface area contributed by atoms with Crippen LogP contribution >= 0.6 is 46.6 Å². The molecule has 1 aromatic carbocycles. The monoisotopic (exact) mass is 447 g/mol. The van der Waals surface area contributed by atoms with Crippen molar-refractivity contribution >= 4 is 62.9 Å². The average Bonchev–Trinajstić information content (AvgIpc) is 2.72. The molecule has 0 spiro atoms. The molecule has 1 aliphatic heterocycles. The molecular weight excluding hydrogens is 433 g/mol. The summed E-state index contributed by atoms with van der Waals surface area (Å²) in [5, 5.41) is 9.95. The number of benzene rings is 1. The summed E-state index contributed by atoms with van der Waals surface area (Å²) >= 11 is 8.49. The van der Waals surface area contributed by atoms with E-state index in [1.165, 1.54) is 16.7 Å². The first kappa shape index (κ1) is 17.3. The zero-order valence-electron chi connectivity index (χ0n) is 11.8. The molecule has 0 aliphatic carbocycles. The Morgan fingerprint density at radius 3 is 2.91 bits per heavy atom. The minimum Gasteiger partial charge on any atom is -0.504 e. The van der Waals surface area contributed by atoms with Crippen molar-refractivity contribution in [2.45, 2.75) is 6.92 Å². The van der Waals surface area contributed by atoms with Crippen molar-refractivity contribution in [1.82, 2.24) is 4.90 Å². The highest BCUT2D eigenvalue weighted by atomic mass is 127. The zero-order chi connectivity index (χ0) is 16.3. The summed E-state index contributed by atoms with van der Waals surface area (Å²) in [4.78, 5) is 14.4. The molecule has 0 atom stereocenters. The number of hydrogen-bond acceptors (Lipinski definition) is 5. The van der Waals surface area contributed by atoms with Gasteiger partial charge in [0.2, 0.25) is 0 Å². The lowest BCUT2D eigenvalue weighted by Gasteiger charge is -2.10. The van der Waals surface area contributed by atoms with Crippen LogP contribution in [0.15, 0.2) is 29.7 Å². The van der Waals surface area contributed by atoms with Gasteiger partial charge in [0.1, 0.15) is 4.32 Å². The molecule has 1 saturated heterocycles. The molecular formula is C15H14INO3S2. The summed E-state index contributed by atoms with van der Waals surface area (Å²) in [5.74, 6) is 0.386. The molecule has 1 aromatic rings. The van der Waals surface area contributed by atoms with Gasteiger partial charge in [0.25, 0.3) is 5.91 Å². The summed E-state index contributed by atoms with van der Waals surface area (Å²) in [6.07, 6.45) is 3.40. The Bertz CT molecular complexity index is 673. The minimum absolute atomic E-state index is 0.110. The molecule has 1 fully saturated rings. The van der Waals surface area contributed by atoms with E-state index in [2.05, 4.69) is 6.58 Å². The summed E-state index contributed by atoms with van der Waals surface area (Å²) in [7, 11) is 0. The lowest BCUT2D eigenvalue weighted by molar-refractivity contribution is -0.121. The van der Waals surface area contributed by atoms with Gasteiger partial charge in [-0.15, -0.1) is 6.58 Å². The predicted molar refractivity (Wildman–Crippen MR) is 102 cm³/mol. The molecule has 22 heavy (non-hydrogen) atoms. The molecule has 2 rings (SSSR count). The molecule has 7 heteroatoms. The largest absolute Gasteiger partial charge is 0.504 e. The van der Waals surface area contributed by atoms with Crippen LogP contribution in [0.4, 0.5) is 0 Å². The van der Waals surface area contributed by atoms with E-state index >= 15 is 0 Å². The van der Waals surface area contributed by atoms with Crippen molar-refractivity contribution in [2.75, 3.05) is 13.2 Å². The van der Waals surface area contributed by atoms with Gasteiger partial charge in [-0.3, -0.25) is 9.69 Å². The second-order valence-electron chi connectivity index (χ2n) is 4.36. The number of thiocarbonyl (C=S) groups is 1. The van der Waals surface area contributed by atoms with E-state index in [4.69, 9.17) is 17.0 Å². The predicted octanol–water partition coefficient (Wildman–Crippen LogP) is 3.78. The van der Waals surface area contributed by atoms with Crippen LogP contribution in [-0.4, -0.2) is 33.4 Å². The maximum absolute atomic E-state index is 12.3. The number of ether oxygens (including phenoxy) is 1. The Morgan fingerprint density at radius 1 is 1.55 bits per heavy atom. The number of phenols is 1. The van der Waals surface area contributed by atoms with E-state index in [0.29, 0.717) is 31.7 Å². The molecule has 0 radical (unpaired) electrons. The highest BCUT2D eigenvalue weighted by molar-refractivity contribution is 14.1. The fourth-order valence-electron chi connectivity index (χ4n) is 1.88. The molecule has 0 unspecified atom stereocenters. The third-order valence-electron chi connectivity index (χ3n) is 2.83. The van der Waals surface area contributed by atoms with Gasteiger partial charge in [0.15, 0.2) is 11.5 Å². The number of amides is 1. The number of nitrogens with zero attached hydrogens (tertiary/aromatic N) is 1. The molecule has 0 aromatic heterocycles. The molecule has 0 saturated carbocycles. The van der Waals surface area contributed by atoms with Crippen molar-refractivity contribution < 1.29 is 14.6 Å². The second-order valence-corrected chi connectivity index (χ2v) is 7.20. The van der Waals surface area contributed by atoms with Crippen LogP contribution in [0.2, 0.25) is 0 Å². The average molecular weight is 447 g/mol. The number of thioether (sulfide) groups is 1. The van der Waals surface area contributed by atoms with Crippen LogP contribution in [0, 0.1) is 3.57 Å². The van der Waals surface area contributed by atoms with E-state index < -0.39 is 0 Å². The number of phenolic OH excluding ortho intramolecular Hbond substituents is 1. The molecule has 1 N–H and O–H groups in total. The van der Waals surface area contributed by atoms with Crippen molar-refractivity contribution in [3.63, 3.8) is 0 Å². The number of rotatable bonds is 5. The van der Waals surface area contributed by atoms with Gasteiger partial charge in [-0.1, -0.05) is 30.1 Å². The standard InChI is InChI=1S/C15H14INO3S2/c1-3-5-17-14(19)12(22-15(17)21)8-9-6-10(16)13(18)11(7-9)20-4-2/h3,6-8,18H,1,4-5H2,2H3. The van der Waals surface area contributed by atoms with E-state index in [-0.39, 0.29) is 11.7 Å². The van der Waals surface area contributed by atoms with Crippen molar-refractivity contribution in [2.24, 2.45) is 0 Å². The SMILES string of the molecule is C=CCN1C(=O)C(=Cc2cc(I)c(O)c(OCC)c2)SC1=S. The van der Waals surface area contributed by atoms with Crippen LogP contribution in [-0.2, 0) is 4.79 Å². The lowest BCUT2D eigenvalue weighted by atomic mass is 10.2. The Balaban J connectivity index is 2.35. The third kappa shape index (κ3) is 3.64. The van der Waals surface area contributed by atoms with Crippen LogP contribution in [0.5, 0.6) is 11.5 Å². The number of aromatic hydroxyl groups is 1. The van der Waals surface area contributed by atoms with E-state index in [9.17, 15) is 9.90 Å². The van der Waals surface area contributed by atoms with Gasteiger partial charge in [-0.25, -0.2) is 0 Å². The Hall–Kier alpha value is -1.06. The van der Waals surface area contributed by atoms with Gasteiger partial charge in [-0.05, 0) is 53.3 Å². The molecule has 1 aliphatic rings. The van der Waals surface area contributed by atoms with Crippen LogP contribution in [0.3, 0.4) is 0 Å². The number of carbonyl (C=O) groups excluding carboxylic acids is 1. The summed E-state index contributed by atoms with van der Waals surface area (Å²) in [5.41, 5.74) is 0.782. The van der Waals surface area contributed by atoms with Gasteiger partial charge in [-0.2, -0.15) is 0 Å². The fraction of sp³-hybridized carbons (Fsp3) is 0.200. The first-order valence-electron chi connectivity index (χ1n) is 6.49. The minimum atomic E-state index is -0.129. The maximum Gasteiger partial charge on any atom is 0.266 e. The first-order chi connectivity index (χ1) is 10.5. The number of carbonyl (C=O) groups is 1.